The van der Waals surface area contributed by atoms with Gasteiger partial charge in [-0.1, -0.05) is 6.07 Å². The van der Waals surface area contributed by atoms with Crippen LogP contribution in [0.15, 0.2) is 42.7 Å². The molecule has 3 rings (SSSR count). The molecule has 0 saturated heterocycles. The maximum absolute atomic E-state index is 13.9. The summed E-state index contributed by atoms with van der Waals surface area (Å²) in [5.41, 5.74) is 0.933. The Morgan fingerprint density at radius 3 is 2.89 bits per heavy atom. The Morgan fingerprint density at radius 2 is 2.21 bits per heavy atom. The number of pyridine rings is 1. The van der Waals surface area contributed by atoms with Crippen molar-refractivity contribution in [1.29, 1.82) is 0 Å². The van der Waals surface area contributed by atoms with E-state index >= 15 is 0 Å². The molecule has 1 aliphatic rings. The molecule has 0 radical (unpaired) electrons. The highest BCUT2D eigenvalue weighted by Crippen LogP contribution is 2.25. The van der Waals surface area contributed by atoms with E-state index in [4.69, 9.17) is 4.74 Å². The van der Waals surface area contributed by atoms with Crippen molar-refractivity contribution in [2.45, 2.75) is 25.4 Å². The Labute approximate surface area is 111 Å². The van der Waals surface area contributed by atoms with Crippen molar-refractivity contribution < 1.29 is 9.13 Å². The van der Waals surface area contributed by atoms with Gasteiger partial charge in [0.05, 0.1) is 6.20 Å². The quantitative estimate of drug-likeness (QED) is 0.893. The molecule has 1 N–H and O–H groups in total. The molecule has 1 fully saturated rings. The lowest BCUT2D eigenvalue weighted by Gasteiger charge is -2.08. The number of rotatable bonds is 5. The van der Waals surface area contributed by atoms with Crippen molar-refractivity contribution in [1.82, 2.24) is 10.3 Å². The number of ether oxygens (including phenoxy) is 1. The average Bonchev–Trinajstić information content (AvgIpc) is 3.25. The summed E-state index contributed by atoms with van der Waals surface area (Å²) in [7, 11) is 0. The molecule has 1 aliphatic carbocycles. The van der Waals surface area contributed by atoms with E-state index in [1.54, 1.807) is 30.6 Å². The first-order chi connectivity index (χ1) is 9.31. The van der Waals surface area contributed by atoms with E-state index in [0.29, 0.717) is 18.3 Å². The molecular formula is C15H15FN2O. The summed E-state index contributed by atoms with van der Waals surface area (Å²) < 4.78 is 19.3. The molecule has 4 heteroatoms. The van der Waals surface area contributed by atoms with Crippen molar-refractivity contribution in [2.24, 2.45) is 0 Å². The lowest BCUT2D eigenvalue weighted by atomic mass is 10.2. The smallest absolute Gasteiger partial charge is 0.166 e. The predicted octanol–water partition coefficient (Wildman–Crippen LogP) is 3.27. The maximum Gasteiger partial charge on any atom is 0.166 e. The second-order valence-electron chi connectivity index (χ2n) is 4.71. The molecule has 1 aromatic heterocycles. The fourth-order valence-electron chi connectivity index (χ4n) is 1.82. The Morgan fingerprint density at radius 1 is 1.32 bits per heavy atom. The monoisotopic (exact) mass is 258 g/mol. The Hall–Kier alpha value is -1.94. The minimum Gasteiger partial charge on any atom is -0.453 e. The molecule has 3 nitrogen and oxygen atoms in total. The summed E-state index contributed by atoms with van der Waals surface area (Å²) in [4.78, 5) is 3.93. The minimum absolute atomic E-state index is 0.225. The molecule has 0 amide bonds. The van der Waals surface area contributed by atoms with Gasteiger partial charge in [0.1, 0.15) is 5.75 Å². The van der Waals surface area contributed by atoms with Crippen LogP contribution in [0.2, 0.25) is 0 Å². The third-order valence-corrected chi connectivity index (χ3v) is 3.03. The molecule has 2 aromatic rings. The summed E-state index contributed by atoms with van der Waals surface area (Å²) in [5, 5.41) is 3.35. The SMILES string of the molecule is Fc1cc(CNC2CC2)ccc1Oc1cccnc1. The molecule has 19 heavy (non-hydrogen) atoms. The van der Waals surface area contributed by atoms with Crippen LogP contribution in [0.25, 0.3) is 0 Å². The number of nitrogens with zero attached hydrogens (tertiary/aromatic N) is 1. The normalized spacial score (nSPS) is 14.4. The molecule has 0 aliphatic heterocycles. The van der Waals surface area contributed by atoms with Crippen molar-refractivity contribution in [2.75, 3.05) is 0 Å². The van der Waals surface area contributed by atoms with E-state index in [9.17, 15) is 4.39 Å². The molecule has 0 unspecified atom stereocenters. The van der Waals surface area contributed by atoms with Gasteiger partial charge >= 0.3 is 0 Å². The number of benzene rings is 1. The topological polar surface area (TPSA) is 34.1 Å². The van der Waals surface area contributed by atoms with E-state index < -0.39 is 0 Å². The first-order valence-electron chi connectivity index (χ1n) is 6.41. The van der Waals surface area contributed by atoms with Gasteiger partial charge in [-0.2, -0.15) is 0 Å². The zero-order valence-corrected chi connectivity index (χ0v) is 10.5. The number of halogens is 1. The summed E-state index contributed by atoms with van der Waals surface area (Å²) in [6.07, 6.45) is 5.66. The largest absolute Gasteiger partial charge is 0.453 e. The fourth-order valence-corrected chi connectivity index (χ4v) is 1.82. The molecule has 1 saturated carbocycles. The van der Waals surface area contributed by atoms with Crippen molar-refractivity contribution in [3.63, 3.8) is 0 Å². The van der Waals surface area contributed by atoms with E-state index in [0.717, 1.165) is 5.56 Å². The van der Waals surface area contributed by atoms with Crippen LogP contribution in [0.1, 0.15) is 18.4 Å². The van der Waals surface area contributed by atoms with Crippen LogP contribution in [-0.2, 0) is 6.54 Å². The third kappa shape index (κ3) is 3.29. The average molecular weight is 258 g/mol. The van der Waals surface area contributed by atoms with Crippen LogP contribution in [0.5, 0.6) is 11.5 Å². The molecule has 0 bridgehead atoms. The summed E-state index contributed by atoms with van der Waals surface area (Å²) >= 11 is 0. The zero-order chi connectivity index (χ0) is 13.1. The Bertz CT molecular complexity index is 555. The molecular weight excluding hydrogens is 243 g/mol. The fraction of sp³-hybridized carbons (Fsp3) is 0.267. The van der Waals surface area contributed by atoms with Gasteiger partial charge in [0.15, 0.2) is 11.6 Å². The number of hydrogen-bond acceptors (Lipinski definition) is 3. The molecule has 98 valence electrons. The molecule has 1 aromatic carbocycles. The first-order valence-corrected chi connectivity index (χ1v) is 6.41. The minimum atomic E-state index is -0.348. The van der Waals surface area contributed by atoms with Gasteiger partial charge in [-0.05, 0) is 42.7 Å². The number of hydrogen-bond donors (Lipinski definition) is 1. The zero-order valence-electron chi connectivity index (χ0n) is 10.5. The van der Waals surface area contributed by atoms with Gasteiger partial charge in [0.25, 0.3) is 0 Å². The lowest BCUT2D eigenvalue weighted by molar-refractivity contribution is 0.439. The summed E-state index contributed by atoms with van der Waals surface area (Å²) in [5.74, 6) is 0.410. The van der Waals surface area contributed by atoms with Crippen LogP contribution >= 0.6 is 0 Å². The van der Waals surface area contributed by atoms with Gasteiger partial charge in [-0.3, -0.25) is 4.98 Å². The van der Waals surface area contributed by atoms with E-state index in [-0.39, 0.29) is 11.6 Å². The van der Waals surface area contributed by atoms with E-state index in [2.05, 4.69) is 10.3 Å². The second kappa shape index (κ2) is 5.36. The highest BCUT2D eigenvalue weighted by Gasteiger charge is 2.20. The van der Waals surface area contributed by atoms with Gasteiger partial charge in [0.2, 0.25) is 0 Å². The summed E-state index contributed by atoms with van der Waals surface area (Å²) in [6.45, 7) is 0.703. The summed E-state index contributed by atoms with van der Waals surface area (Å²) in [6, 6.07) is 9.17. The van der Waals surface area contributed by atoms with Gasteiger partial charge < -0.3 is 10.1 Å². The number of nitrogens with one attached hydrogen (secondary N) is 1. The van der Waals surface area contributed by atoms with E-state index in [1.807, 2.05) is 6.07 Å². The van der Waals surface area contributed by atoms with Gasteiger partial charge in [-0.25, -0.2) is 4.39 Å². The van der Waals surface area contributed by atoms with Gasteiger partial charge in [0, 0.05) is 18.8 Å². The highest BCUT2D eigenvalue weighted by molar-refractivity contribution is 5.33. The predicted molar refractivity (Wildman–Crippen MR) is 70.6 cm³/mol. The first kappa shape index (κ1) is 12.1. The van der Waals surface area contributed by atoms with Crippen LogP contribution < -0.4 is 10.1 Å². The van der Waals surface area contributed by atoms with Crippen molar-refractivity contribution in [3.05, 3.63) is 54.1 Å². The second-order valence-corrected chi connectivity index (χ2v) is 4.71. The van der Waals surface area contributed by atoms with Crippen LogP contribution in [0.4, 0.5) is 4.39 Å². The van der Waals surface area contributed by atoms with Gasteiger partial charge in [-0.15, -0.1) is 0 Å². The maximum atomic E-state index is 13.9. The lowest BCUT2D eigenvalue weighted by Crippen LogP contribution is -2.15. The van der Waals surface area contributed by atoms with Crippen molar-refractivity contribution >= 4 is 0 Å². The van der Waals surface area contributed by atoms with Crippen LogP contribution in [0, 0.1) is 5.82 Å². The number of aromatic nitrogens is 1. The van der Waals surface area contributed by atoms with Crippen LogP contribution in [0.3, 0.4) is 0 Å². The molecule has 1 heterocycles. The third-order valence-electron chi connectivity index (χ3n) is 3.03. The standard InChI is InChI=1S/C15H15FN2O/c16-14-8-11(9-18-12-4-5-12)3-6-15(14)19-13-2-1-7-17-10-13/h1-3,6-8,10,12,18H,4-5,9H2. The highest BCUT2D eigenvalue weighted by atomic mass is 19.1. The van der Waals surface area contributed by atoms with Crippen LogP contribution in [-0.4, -0.2) is 11.0 Å². The Kier molecular flexibility index (Phi) is 3.42. The van der Waals surface area contributed by atoms with E-state index in [1.165, 1.54) is 18.9 Å². The molecule has 0 spiro atoms. The molecule has 0 atom stereocenters. The Balaban J connectivity index is 1.68. The van der Waals surface area contributed by atoms with Crippen molar-refractivity contribution in [3.8, 4) is 11.5 Å².